The molecule has 0 unspecified atom stereocenters. The molecule has 1 fully saturated rings. The van der Waals surface area contributed by atoms with Crippen molar-refractivity contribution in [3.63, 3.8) is 0 Å². The summed E-state index contributed by atoms with van der Waals surface area (Å²) >= 11 is 0. The highest BCUT2D eigenvalue weighted by molar-refractivity contribution is 5.88. The van der Waals surface area contributed by atoms with E-state index in [2.05, 4.69) is 75.8 Å². The van der Waals surface area contributed by atoms with E-state index in [1.807, 2.05) is 0 Å². The van der Waals surface area contributed by atoms with Crippen molar-refractivity contribution in [2.24, 2.45) is 5.29 Å². The molecular formula is C21H24N4O. The molecule has 0 atom stereocenters. The fourth-order valence-corrected chi connectivity index (χ4v) is 3.79. The van der Waals surface area contributed by atoms with Crippen LogP contribution in [-0.2, 0) is 0 Å². The van der Waals surface area contributed by atoms with E-state index in [-0.39, 0.29) is 0 Å². The monoisotopic (exact) mass is 348 g/mol. The molecule has 26 heavy (non-hydrogen) atoms. The summed E-state index contributed by atoms with van der Waals surface area (Å²) in [6.07, 6.45) is 5.50. The Kier molecular flexibility index (Phi) is 4.97. The van der Waals surface area contributed by atoms with Gasteiger partial charge in [0.05, 0.1) is 18.4 Å². The first kappa shape index (κ1) is 16.8. The molecule has 0 spiro atoms. The number of piperazine rings is 1. The Morgan fingerprint density at radius 1 is 0.769 bits per heavy atom. The third-order valence-electron chi connectivity index (χ3n) is 5.22. The molecule has 0 bridgehead atoms. The summed E-state index contributed by atoms with van der Waals surface area (Å²) in [7, 11) is 0. The minimum absolute atomic E-state index is 0.739. The van der Waals surface area contributed by atoms with Crippen LogP contribution < -0.4 is 4.90 Å². The lowest BCUT2D eigenvalue weighted by Gasteiger charge is -2.32. The van der Waals surface area contributed by atoms with Gasteiger partial charge in [-0.15, -0.1) is 4.91 Å². The molecule has 0 saturated carbocycles. The Morgan fingerprint density at radius 3 is 1.92 bits per heavy atom. The van der Waals surface area contributed by atoms with E-state index in [0.29, 0.717) is 0 Å². The zero-order valence-corrected chi connectivity index (χ0v) is 14.9. The topological polar surface area (TPSA) is 39.2 Å². The van der Waals surface area contributed by atoms with Gasteiger partial charge in [-0.3, -0.25) is 9.91 Å². The van der Waals surface area contributed by atoms with Crippen molar-refractivity contribution in [1.82, 2.24) is 9.91 Å². The van der Waals surface area contributed by atoms with Crippen molar-refractivity contribution in [3.8, 4) is 0 Å². The SMILES string of the molecule is O=NN1CCN(CCCN2c3ccccc3C=Cc3ccccc32)CC1. The largest absolute Gasteiger partial charge is 0.340 e. The van der Waals surface area contributed by atoms with Crippen LogP contribution in [-0.4, -0.2) is 49.2 Å². The van der Waals surface area contributed by atoms with Crippen LogP contribution in [0.4, 0.5) is 11.4 Å². The second-order valence-electron chi connectivity index (χ2n) is 6.83. The Labute approximate surface area is 154 Å². The second kappa shape index (κ2) is 7.70. The summed E-state index contributed by atoms with van der Waals surface area (Å²) in [5.41, 5.74) is 5.05. The number of nitrogens with zero attached hydrogens (tertiary/aromatic N) is 4. The van der Waals surface area contributed by atoms with E-state index in [1.54, 1.807) is 5.01 Å². The molecule has 1 saturated heterocycles. The number of nitroso groups, excluding NO2 is 1. The van der Waals surface area contributed by atoms with Crippen LogP contribution in [0.15, 0.2) is 53.8 Å². The number of fused-ring (bicyclic) bond motifs is 2. The first-order valence-electron chi connectivity index (χ1n) is 9.29. The Morgan fingerprint density at radius 2 is 1.35 bits per heavy atom. The zero-order valence-electron chi connectivity index (χ0n) is 14.9. The third kappa shape index (κ3) is 3.48. The molecule has 2 aliphatic rings. The standard InChI is InChI=1S/C21H24N4O/c26-22-24-16-14-23(15-17-24)12-5-13-25-20-8-3-1-6-18(20)10-11-19-7-2-4-9-21(19)25/h1-4,6-11H,5,12-17H2. The van der Waals surface area contributed by atoms with Gasteiger partial charge in [-0.25, -0.2) is 0 Å². The van der Waals surface area contributed by atoms with E-state index in [9.17, 15) is 4.91 Å². The van der Waals surface area contributed by atoms with Gasteiger partial charge < -0.3 is 4.90 Å². The van der Waals surface area contributed by atoms with E-state index in [0.717, 1.165) is 45.7 Å². The maximum atomic E-state index is 10.6. The molecule has 5 nitrogen and oxygen atoms in total. The summed E-state index contributed by atoms with van der Waals surface area (Å²) in [6, 6.07) is 17.2. The first-order valence-corrected chi connectivity index (χ1v) is 9.29. The molecule has 2 aliphatic heterocycles. The van der Waals surface area contributed by atoms with Gasteiger partial charge in [0.1, 0.15) is 0 Å². The highest BCUT2D eigenvalue weighted by Crippen LogP contribution is 2.36. The summed E-state index contributed by atoms with van der Waals surface area (Å²) in [5, 5.41) is 4.65. The lowest BCUT2D eigenvalue weighted by atomic mass is 10.1. The highest BCUT2D eigenvalue weighted by atomic mass is 16.3. The first-order chi connectivity index (χ1) is 12.8. The molecule has 4 rings (SSSR count). The van der Waals surface area contributed by atoms with Crippen molar-refractivity contribution in [2.45, 2.75) is 6.42 Å². The van der Waals surface area contributed by atoms with Crippen LogP contribution in [0.1, 0.15) is 17.5 Å². The van der Waals surface area contributed by atoms with Crippen molar-refractivity contribution in [3.05, 3.63) is 64.6 Å². The van der Waals surface area contributed by atoms with Gasteiger partial charge in [0.2, 0.25) is 0 Å². The van der Waals surface area contributed by atoms with Gasteiger partial charge in [-0.2, -0.15) is 0 Å². The van der Waals surface area contributed by atoms with E-state index in [4.69, 9.17) is 0 Å². The number of para-hydroxylation sites is 2. The molecule has 0 aromatic heterocycles. The number of hydrogen-bond donors (Lipinski definition) is 0. The number of benzene rings is 2. The van der Waals surface area contributed by atoms with Gasteiger partial charge in [-0.1, -0.05) is 48.6 Å². The molecule has 2 aromatic rings. The Balaban J connectivity index is 1.47. The van der Waals surface area contributed by atoms with Crippen molar-refractivity contribution < 1.29 is 0 Å². The fourth-order valence-electron chi connectivity index (χ4n) is 3.79. The minimum atomic E-state index is 0.739. The second-order valence-corrected chi connectivity index (χ2v) is 6.83. The molecule has 2 aromatic carbocycles. The van der Waals surface area contributed by atoms with Gasteiger partial charge in [0, 0.05) is 31.0 Å². The quantitative estimate of drug-likeness (QED) is 0.766. The number of anilines is 2. The average molecular weight is 348 g/mol. The Hall–Kier alpha value is -2.66. The summed E-state index contributed by atoms with van der Waals surface area (Å²) in [6.45, 7) is 5.33. The van der Waals surface area contributed by atoms with E-state index < -0.39 is 0 Å². The molecule has 134 valence electrons. The van der Waals surface area contributed by atoms with Crippen LogP contribution in [0.25, 0.3) is 12.2 Å². The summed E-state index contributed by atoms with van der Waals surface area (Å²) in [5.74, 6) is 0. The van der Waals surface area contributed by atoms with Gasteiger partial charge >= 0.3 is 0 Å². The van der Waals surface area contributed by atoms with Crippen molar-refractivity contribution >= 4 is 23.5 Å². The van der Waals surface area contributed by atoms with E-state index >= 15 is 0 Å². The molecule has 0 aliphatic carbocycles. The lowest BCUT2D eigenvalue weighted by Crippen LogP contribution is -2.44. The normalized spacial score (nSPS) is 16.8. The van der Waals surface area contributed by atoms with Crippen LogP contribution in [0.5, 0.6) is 0 Å². The minimum Gasteiger partial charge on any atom is -0.340 e. The van der Waals surface area contributed by atoms with Gasteiger partial charge in [0.15, 0.2) is 0 Å². The highest BCUT2D eigenvalue weighted by Gasteiger charge is 2.19. The summed E-state index contributed by atoms with van der Waals surface area (Å²) < 4.78 is 0. The number of hydrogen-bond acceptors (Lipinski definition) is 4. The molecule has 0 radical (unpaired) electrons. The third-order valence-corrected chi connectivity index (χ3v) is 5.22. The predicted molar refractivity (Wildman–Crippen MR) is 107 cm³/mol. The molecule has 2 heterocycles. The predicted octanol–water partition coefficient (Wildman–Crippen LogP) is 4.00. The molecule has 0 amide bonds. The van der Waals surface area contributed by atoms with Crippen LogP contribution in [0.3, 0.4) is 0 Å². The maximum Gasteiger partial charge on any atom is 0.0524 e. The smallest absolute Gasteiger partial charge is 0.0524 e. The molecule has 5 heteroatoms. The molecule has 0 N–H and O–H groups in total. The molecular weight excluding hydrogens is 324 g/mol. The van der Waals surface area contributed by atoms with Crippen LogP contribution in [0, 0.1) is 4.91 Å². The lowest BCUT2D eigenvalue weighted by molar-refractivity contribution is 0.134. The fraction of sp³-hybridized carbons (Fsp3) is 0.333. The maximum absolute atomic E-state index is 10.6. The van der Waals surface area contributed by atoms with E-state index in [1.165, 1.54) is 22.5 Å². The van der Waals surface area contributed by atoms with Crippen molar-refractivity contribution in [2.75, 3.05) is 44.2 Å². The zero-order chi connectivity index (χ0) is 17.8. The van der Waals surface area contributed by atoms with Crippen LogP contribution >= 0.6 is 0 Å². The Bertz CT molecular complexity index is 747. The summed E-state index contributed by atoms with van der Waals surface area (Å²) in [4.78, 5) is 15.5. The van der Waals surface area contributed by atoms with Gasteiger partial charge in [0.25, 0.3) is 0 Å². The average Bonchev–Trinajstić information content (AvgIpc) is 2.86. The van der Waals surface area contributed by atoms with Crippen molar-refractivity contribution in [1.29, 1.82) is 0 Å². The van der Waals surface area contributed by atoms with Crippen LogP contribution in [0.2, 0.25) is 0 Å². The van der Waals surface area contributed by atoms with Gasteiger partial charge in [-0.05, 0) is 36.2 Å². The number of rotatable bonds is 5.